The SMILES string of the molecule is Cc1c(NC(C)C(=O)Nc2ccc(F)cc2Cl)c(=O)n(-c2ccccc2)n1C. The summed E-state index contributed by atoms with van der Waals surface area (Å²) in [6.07, 6.45) is 0. The molecule has 0 spiro atoms. The van der Waals surface area contributed by atoms with Crippen LogP contribution in [0.5, 0.6) is 0 Å². The van der Waals surface area contributed by atoms with Crippen LogP contribution in [0, 0.1) is 12.7 Å². The predicted molar refractivity (Wildman–Crippen MR) is 109 cm³/mol. The number of amides is 1. The molecule has 2 aromatic carbocycles. The molecule has 3 rings (SSSR count). The highest BCUT2D eigenvalue weighted by atomic mass is 35.5. The first kappa shape index (κ1) is 19.7. The van der Waals surface area contributed by atoms with E-state index in [0.29, 0.717) is 17.1 Å². The van der Waals surface area contributed by atoms with Crippen molar-refractivity contribution < 1.29 is 9.18 Å². The summed E-state index contributed by atoms with van der Waals surface area (Å²) < 4.78 is 16.4. The van der Waals surface area contributed by atoms with Gasteiger partial charge in [-0.1, -0.05) is 29.8 Å². The minimum absolute atomic E-state index is 0.0999. The molecule has 1 aromatic heterocycles. The molecule has 0 fully saturated rings. The van der Waals surface area contributed by atoms with Gasteiger partial charge < -0.3 is 10.6 Å². The second kappa shape index (κ2) is 7.90. The van der Waals surface area contributed by atoms with Gasteiger partial charge in [-0.15, -0.1) is 0 Å². The number of halogens is 2. The summed E-state index contributed by atoms with van der Waals surface area (Å²) in [6.45, 7) is 3.43. The van der Waals surface area contributed by atoms with E-state index < -0.39 is 17.8 Å². The summed E-state index contributed by atoms with van der Waals surface area (Å²) in [5.41, 5.74) is 1.78. The normalized spacial score (nSPS) is 11.9. The van der Waals surface area contributed by atoms with Crippen LogP contribution in [0.4, 0.5) is 15.8 Å². The summed E-state index contributed by atoms with van der Waals surface area (Å²) in [5, 5.41) is 5.71. The Morgan fingerprint density at radius 1 is 1.18 bits per heavy atom. The third-order valence-electron chi connectivity index (χ3n) is 4.50. The number of para-hydroxylation sites is 1. The van der Waals surface area contributed by atoms with Crippen molar-refractivity contribution in [3.8, 4) is 5.69 Å². The second-order valence-corrected chi connectivity index (χ2v) is 6.82. The van der Waals surface area contributed by atoms with E-state index in [2.05, 4.69) is 10.6 Å². The van der Waals surface area contributed by atoms with Gasteiger partial charge in [-0.05, 0) is 44.2 Å². The molecule has 6 nitrogen and oxygen atoms in total. The quantitative estimate of drug-likeness (QED) is 0.683. The maximum Gasteiger partial charge on any atom is 0.295 e. The summed E-state index contributed by atoms with van der Waals surface area (Å²) in [6, 6.07) is 12.2. The molecule has 0 bridgehead atoms. The van der Waals surface area contributed by atoms with Gasteiger partial charge in [-0.25, -0.2) is 9.07 Å². The van der Waals surface area contributed by atoms with E-state index in [1.165, 1.54) is 16.8 Å². The van der Waals surface area contributed by atoms with Crippen molar-refractivity contribution in [3.63, 3.8) is 0 Å². The molecular formula is C20H20ClFN4O2. The van der Waals surface area contributed by atoms with Crippen LogP contribution >= 0.6 is 11.6 Å². The Kier molecular flexibility index (Phi) is 5.56. The first-order valence-corrected chi connectivity index (χ1v) is 9.04. The zero-order valence-corrected chi connectivity index (χ0v) is 16.4. The Labute approximate surface area is 166 Å². The van der Waals surface area contributed by atoms with Crippen molar-refractivity contribution in [3.05, 3.63) is 75.4 Å². The number of nitrogens with one attached hydrogen (secondary N) is 2. The summed E-state index contributed by atoms with van der Waals surface area (Å²) in [5.74, 6) is -0.891. The van der Waals surface area contributed by atoms with Gasteiger partial charge in [0.05, 0.1) is 22.1 Å². The number of aromatic nitrogens is 2. The van der Waals surface area contributed by atoms with E-state index in [1.54, 1.807) is 25.6 Å². The Morgan fingerprint density at radius 2 is 1.86 bits per heavy atom. The molecule has 1 heterocycles. The number of carbonyl (C=O) groups is 1. The molecule has 0 aliphatic rings. The average Bonchev–Trinajstić information content (AvgIpc) is 2.88. The molecule has 1 amide bonds. The molecule has 28 heavy (non-hydrogen) atoms. The van der Waals surface area contributed by atoms with Gasteiger partial charge in [0.1, 0.15) is 17.5 Å². The van der Waals surface area contributed by atoms with Gasteiger partial charge >= 0.3 is 0 Å². The van der Waals surface area contributed by atoms with Crippen molar-refractivity contribution in [1.29, 1.82) is 0 Å². The first-order valence-electron chi connectivity index (χ1n) is 8.66. The van der Waals surface area contributed by atoms with Crippen molar-refractivity contribution in [2.75, 3.05) is 10.6 Å². The molecule has 0 saturated carbocycles. The summed E-state index contributed by atoms with van der Waals surface area (Å²) >= 11 is 5.95. The van der Waals surface area contributed by atoms with Gasteiger partial charge in [-0.3, -0.25) is 14.3 Å². The largest absolute Gasteiger partial charge is 0.368 e. The van der Waals surface area contributed by atoms with E-state index in [1.807, 2.05) is 30.3 Å². The zero-order chi connectivity index (χ0) is 20.4. The molecule has 3 aromatic rings. The van der Waals surface area contributed by atoms with Crippen molar-refractivity contribution in [1.82, 2.24) is 9.36 Å². The highest BCUT2D eigenvalue weighted by Crippen LogP contribution is 2.23. The summed E-state index contributed by atoms with van der Waals surface area (Å²) in [7, 11) is 1.78. The third kappa shape index (κ3) is 3.80. The van der Waals surface area contributed by atoms with E-state index in [-0.39, 0.29) is 10.6 Å². The fourth-order valence-corrected chi connectivity index (χ4v) is 3.06. The Balaban J connectivity index is 1.83. The van der Waals surface area contributed by atoms with Gasteiger partial charge in [-0.2, -0.15) is 0 Å². The molecule has 0 aliphatic carbocycles. The van der Waals surface area contributed by atoms with E-state index in [9.17, 15) is 14.0 Å². The minimum Gasteiger partial charge on any atom is -0.368 e. The van der Waals surface area contributed by atoms with Gasteiger partial charge in [0, 0.05) is 7.05 Å². The Hall–Kier alpha value is -3.06. The van der Waals surface area contributed by atoms with Crippen molar-refractivity contribution in [2.24, 2.45) is 7.05 Å². The molecule has 2 N–H and O–H groups in total. The average molecular weight is 403 g/mol. The molecule has 146 valence electrons. The van der Waals surface area contributed by atoms with Crippen LogP contribution in [-0.2, 0) is 11.8 Å². The standard InChI is InChI=1S/C20H20ClFN4O2/c1-12(19(27)24-17-10-9-14(22)11-16(17)21)23-18-13(2)25(3)26(20(18)28)15-7-5-4-6-8-15/h4-12,23H,1-3H3,(H,24,27). The molecule has 0 radical (unpaired) electrons. The fourth-order valence-electron chi connectivity index (χ4n) is 2.85. The number of nitrogens with zero attached hydrogens (tertiary/aromatic N) is 2. The minimum atomic E-state index is -0.723. The second-order valence-electron chi connectivity index (χ2n) is 6.42. The van der Waals surface area contributed by atoms with E-state index >= 15 is 0 Å². The first-order chi connectivity index (χ1) is 13.3. The van der Waals surface area contributed by atoms with Gasteiger partial charge in [0.15, 0.2) is 0 Å². The van der Waals surface area contributed by atoms with Crippen LogP contribution in [0.15, 0.2) is 53.3 Å². The molecule has 1 unspecified atom stereocenters. The highest BCUT2D eigenvalue weighted by molar-refractivity contribution is 6.33. The Morgan fingerprint density at radius 3 is 2.50 bits per heavy atom. The lowest BCUT2D eigenvalue weighted by molar-refractivity contribution is -0.116. The molecule has 8 heteroatoms. The van der Waals surface area contributed by atoms with E-state index in [0.717, 1.165) is 11.8 Å². The van der Waals surface area contributed by atoms with Crippen LogP contribution in [-0.4, -0.2) is 21.3 Å². The molecule has 0 aliphatic heterocycles. The molecule has 0 saturated heterocycles. The zero-order valence-electron chi connectivity index (χ0n) is 15.7. The number of hydrogen-bond acceptors (Lipinski definition) is 3. The number of benzene rings is 2. The highest BCUT2D eigenvalue weighted by Gasteiger charge is 2.21. The van der Waals surface area contributed by atoms with Crippen LogP contribution in [0.3, 0.4) is 0 Å². The Bertz CT molecular complexity index is 1080. The number of anilines is 2. The number of hydrogen-bond donors (Lipinski definition) is 2. The van der Waals surface area contributed by atoms with Crippen LogP contribution in [0.1, 0.15) is 12.6 Å². The predicted octanol–water partition coefficient (Wildman–Crippen LogP) is 3.72. The third-order valence-corrected chi connectivity index (χ3v) is 4.81. The van der Waals surface area contributed by atoms with Crippen molar-refractivity contribution >= 4 is 28.9 Å². The molecule has 1 atom stereocenters. The van der Waals surface area contributed by atoms with E-state index in [4.69, 9.17) is 11.6 Å². The number of rotatable bonds is 5. The number of carbonyl (C=O) groups excluding carboxylic acids is 1. The van der Waals surface area contributed by atoms with Crippen LogP contribution < -0.4 is 16.2 Å². The van der Waals surface area contributed by atoms with Crippen LogP contribution in [0.2, 0.25) is 5.02 Å². The van der Waals surface area contributed by atoms with Gasteiger partial charge in [0.25, 0.3) is 5.56 Å². The topological polar surface area (TPSA) is 68.1 Å². The summed E-state index contributed by atoms with van der Waals surface area (Å²) in [4.78, 5) is 25.4. The van der Waals surface area contributed by atoms with Gasteiger partial charge in [0.2, 0.25) is 5.91 Å². The lowest BCUT2D eigenvalue weighted by Gasteiger charge is -2.15. The maximum atomic E-state index is 13.2. The monoisotopic (exact) mass is 402 g/mol. The smallest absolute Gasteiger partial charge is 0.295 e. The van der Waals surface area contributed by atoms with Crippen molar-refractivity contribution in [2.45, 2.75) is 19.9 Å². The lowest BCUT2D eigenvalue weighted by Crippen LogP contribution is -2.34. The lowest BCUT2D eigenvalue weighted by atomic mass is 10.2. The van der Waals surface area contributed by atoms with Crippen LogP contribution in [0.25, 0.3) is 5.69 Å². The molecular weight excluding hydrogens is 383 g/mol. The fraction of sp³-hybridized carbons (Fsp3) is 0.200. The maximum absolute atomic E-state index is 13.2.